The third-order valence-corrected chi connectivity index (χ3v) is 6.71. The van der Waals surface area contributed by atoms with Crippen LogP contribution in [-0.2, 0) is 16.1 Å². The van der Waals surface area contributed by atoms with Crippen molar-refractivity contribution in [3.63, 3.8) is 0 Å². The molecule has 36 heavy (non-hydrogen) atoms. The summed E-state index contributed by atoms with van der Waals surface area (Å²) in [6.45, 7) is 1.86. The summed E-state index contributed by atoms with van der Waals surface area (Å²) in [6.07, 6.45) is 0.793. The third-order valence-electron chi connectivity index (χ3n) is 6.71. The van der Waals surface area contributed by atoms with E-state index in [-0.39, 0.29) is 30.0 Å². The van der Waals surface area contributed by atoms with Gasteiger partial charge in [0.2, 0.25) is 5.91 Å². The van der Waals surface area contributed by atoms with Crippen molar-refractivity contribution < 1.29 is 18.7 Å². The fourth-order valence-corrected chi connectivity index (χ4v) is 4.82. The molecular weight excluding hydrogens is 457 g/mol. The Bertz CT molecular complexity index is 1240. The molecule has 0 aliphatic carbocycles. The summed E-state index contributed by atoms with van der Waals surface area (Å²) in [6, 6.07) is 22.4. The molecule has 0 bridgehead atoms. The molecular formula is C29H30FN3O3. The van der Waals surface area contributed by atoms with Crippen LogP contribution in [0.4, 0.5) is 4.39 Å². The highest BCUT2D eigenvalue weighted by Gasteiger charge is 2.32. The summed E-state index contributed by atoms with van der Waals surface area (Å²) in [5, 5.41) is 12.7. The van der Waals surface area contributed by atoms with Crippen LogP contribution < -0.4 is 10.1 Å². The number of nitriles is 1. The predicted octanol–water partition coefficient (Wildman–Crippen LogP) is 4.49. The van der Waals surface area contributed by atoms with E-state index in [4.69, 9.17) is 14.7 Å². The van der Waals surface area contributed by atoms with Gasteiger partial charge >= 0.3 is 0 Å². The van der Waals surface area contributed by atoms with E-state index < -0.39 is 5.82 Å². The molecule has 3 aromatic carbocycles. The van der Waals surface area contributed by atoms with Crippen LogP contribution in [0.5, 0.6) is 5.75 Å². The van der Waals surface area contributed by atoms with Gasteiger partial charge in [0.15, 0.2) is 0 Å². The normalized spacial score (nSPS) is 17.4. The molecule has 3 aromatic rings. The molecule has 1 aliphatic heterocycles. The van der Waals surface area contributed by atoms with Gasteiger partial charge in [-0.3, -0.25) is 4.79 Å². The smallest absolute Gasteiger partial charge is 0.248 e. The van der Waals surface area contributed by atoms with Gasteiger partial charge in [-0.1, -0.05) is 42.5 Å². The Balaban J connectivity index is 1.56. The summed E-state index contributed by atoms with van der Waals surface area (Å²) in [5.41, 5.74) is 3.52. The summed E-state index contributed by atoms with van der Waals surface area (Å²) >= 11 is 0. The van der Waals surface area contributed by atoms with E-state index in [0.29, 0.717) is 36.5 Å². The van der Waals surface area contributed by atoms with Gasteiger partial charge in [0.05, 0.1) is 18.7 Å². The summed E-state index contributed by atoms with van der Waals surface area (Å²) in [5.74, 6) is 0.390. The standard InChI is InChI=1S/C29H30FN3O3/c1-35-19-29(34)33-13-12-27(25(18-33)21-6-4-3-5-7-21)32-17-23-15-22(9-11-28(23)36-2)24-10-8-20(16-31)14-26(24)30/h3-11,14-15,25,27,32H,12-13,17-19H2,1-2H3/t25-,27-/m0/s1. The second-order valence-electron chi connectivity index (χ2n) is 8.90. The van der Waals surface area contributed by atoms with Gasteiger partial charge in [0, 0.05) is 49.8 Å². The van der Waals surface area contributed by atoms with Crippen molar-refractivity contribution in [2.24, 2.45) is 0 Å². The summed E-state index contributed by atoms with van der Waals surface area (Å²) in [4.78, 5) is 14.4. The molecule has 1 amide bonds. The van der Waals surface area contributed by atoms with Crippen molar-refractivity contribution in [1.29, 1.82) is 5.26 Å². The molecule has 0 aromatic heterocycles. The van der Waals surface area contributed by atoms with Crippen LogP contribution >= 0.6 is 0 Å². The summed E-state index contributed by atoms with van der Waals surface area (Å²) in [7, 11) is 3.15. The Hall–Kier alpha value is -3.73. The minimum atomic E-state index is -0.435. The molecule has 186 valence electrons. The highest BCUT2D eigenvalue weighted by molar-refractivity contribution is 5.77. The molecule has 6 nitrogen and oxygen atoms in total. The molecule has 1 aliphatic rings. The minimum absolute atomic E-state index is 0.00399. The number of amides is 1. The number of hydrogen-bond donors (Lipinski definition) is 1. The van der Waals surface area contributed by atoms with Crippen LogP contribution in [-0.4, -0.2) is 50.8 Å². The number of piperidine rings is 1. The number of carbonyl (C=O) groups is 1. The molecule has 0 unspecified atom stereocenters. The maximum absolute atomic E-state index is 14.7. The Morgan fingerprint density at radius 3 is 2.64 bits per heavy atom. The molecule has 0 radical (unpaired) electrons. The molecule has 1 N–H and O–H groups in total. The number of methoxy groups -OCH3 is 2. The molecule has 7 heteroatoms. The van der Waals surface area contributed by atoms with Crippen LogP contribution in [0.1, 0.15) is 29.0 Å². The predicted molar refractivity (Wildman–Crippen MR) is 136 cm³/mol. The highest BCUT2D eigenvalue weighted by atomic mass is 19.1. The van der Waals surface area contributed by atoms with Gasteiger partial charge in [-0.25, -0.2) is 4.39 Å². The van der Waals surface area contributed by atoms with E-state index in [0.717, 1.165) is 12.0 Å². The lowest BCUT2D eigenvalue weighted by atomic mass is 9.85. The van der Waals surface area contributed by atoms with E-state index in [2.05, 4.69) is 17.4 Å². The molecule has 0 spiro atoms. The Morgan fingerprint density at radius 2 is 1.94 bits per heavy atom. The average molecular weight is 488 g/mol. The summed E-state index contributed by atoms with van der Waals surface area (Å²) < 4.78 is 25.3. The first kappa shape index (κ1) is 25.4. The van der Waals surface area contributed by atoms with Crippen molar-refractivity contribution in [3.05, 3.63) is 89.2 Å². The second-order valence-corrected chi connectivity index (χ2v) is 8.90. The number of rotatable bonds is 8. The van der Waals surface area contributed by atoms with Crippen LogP contribution in [0.3, 0.4) is 0 Å². The SMILES string of the molecule is COCC(=O)N1CC[C@H](NCc2cc(-c3ccc(C#N)cc3F)ccc2OC)[C@H](c2ccccc2)C1. The number of hydrogen-bond acceptors (Lipinski definition) is 5. The van der Waals surface area contributed by atoms with Crippen molar-refractivity contribution in [2.45, 2.75) is 24.9 Å². The van der Waals surface area contributed by atoms with Gasteiger partial charge in [-0.05, 0) is 41.8 Å². The molecule has 2 atom stereocenters. The maximum atomic E-state index is 14.7. The highest BCUT2D eigenvalue weighted by Crippen LogP contribution is 2.31. The first-order chi connectivity index (χ1) is 17.5. The van der Waals surface area contributed by atoms with E-state index in [1.54, 1.807) is 19.2 Å². The van der Waals surface area contributed by atoms with Gasteiger partial charge in [-0.2, -0.15) is 5.26 Å². The second kappa shape index (κ2) is 11.8. The lowest BCUT2D eigenvalue weighted by Crippen LogP contribution is -2.50. The zero-order valence-electron chi connectivity index (χ0n) is 20.5. The van der Waals surface area contributed by atoms with Gasteiger partial charge in [0.1, 0.15) is 18.2 Å². The average Bonchev–Trinajstić information content (AvgIpc) is 2.92. The van der Waals surface area contributed by atoms with E-state index in [1.807, 2.05) is 47.4 Å². The number of nitrogens with one attached hydrogen (secondary N) is 1. The molecule has 1 saturated heterocycles. The minimum Gasteiger partial charge on any atom is -0.496 e. The number of benzene rings is 3. The lowest BCUT2D eigenvalue weighted by Gasteiger charge is -2.39. The van der Waals surface area contributed by atoms with Crippen LogP contribution in [0.25, 0.3) is 11.1 Å². The topological polar surface area (TPSA) is 74.6 Å². The quantitative estimate of drug-likeness (QED) is 0.507. The Kier molecular flexibility index (Phi) is 8.32. The number of nitrogens with zero attached hydrogens (tertiary/aromatic N) is 2. The van der Waals surface area contributed by atoms with Crippen molar-refractivity contribution in [1.82, 2.24) is 10.2 Å². The zero-order valence-corrected chi connectivity index (χ0v) is 20.5. The molecule has 4 rings (SSSR count). The van der Waals surface area contributed by atoms with E-state index in [1.165, 1.54) is 18.7 Å². The molecule has 1 heterocycles. The van der Waals surface area contributed by atoms with Gasteiger partial charge < -0.3 is 19.7 Å². The number of likely N-dealkylation sites (tertiary alicyclic amines) is 1. The number of ether oxygens (including phenoxy) is 2. The number of halogens is 1. The lowest BCUT2D eigenvalue weighted by molar-refractivity contribution is -0.136. The molecule has 1 fully saturated rings. The van der Waals surface area contributed by atoms with Crippen LogP contribution in [0.15, 0.2) is 66.7 Å². The van der Waals surface area contributed by atoms with E-state index >= 15 is 0 Å². The number of carbonyl (C=O) groups excluding carboxylic acids is 1. The Labute approximate surface area is 211 Å². The first-order valence-electron chi connectivity index (χ1n) is 12.0. The maximum Gasteiger partial charge on any atom is 0.248 e. The third kappa shape index (κ3) is 5.73. The fourth-order valence-electron chi connectivity index (χ4n) is 4.82. The monoisotopic (exact) mass is 487 g/mol. The Morgan fingerprint density at radius 1 is 1.14 bits per heavy atom. The van der Waals surface area contributed by atoms with Crippen molar-refractivity contribution >= 4 is 5.91 Å². The van der Waals surface area contributed by atoms with Crippen molar-refractivity contribution in [3.8, 4) is 22.9 Å². The molecule has 0 saturated carbocycles. The van der Waals surface area contributed by atoms with Crippen molar-refractivity contribution in [2.75, 3.05) is 33.9 Å². The largest absolute Gasteiger partial charge is 0.496 e. The van der Waals surface area contributed by atoms with Crippen LogP contribution in [0.2, 0.25) is 0 Å². The van der Waals surface area contributed by atoms with Crippen LogP contribution in [0, 0.1) is 17.1 Å². The zero-order chi connectivity index (χ0) is 25.5. The first-order valence-corrected chi connectivity index (χ1v) is 12.0. The van der Waals surface area contributed by atoms with Gasteiger partial charge in [-0.15, -0.1) is 0 Å². The fraction of sp³-hybridized carbons (Fsp3) is 0.310. The van der Waals surface area contributed by atoms with E-state index in [9.17, 15) is 9.18 Å². The van der Waals surface area contributed by atoms with Gasteiger partial charge in [0.25, 0.3) is 0 Å².